The molecule has 0 fully saturated rings. The number of aromatic amines is 1. The summed E-state index contributed by atoms with van der Waals surface area (Å²) in [5, 5.41) is 10.2. The monoisotopic (exact) mass is 260 g/mol. The number of benzene rings is 1. The number of carbonyl (C=O) groups is 2. The molecular formula is C13H16N4O2. The quantitative estimate of drug-likeness (QED) is 0.852. The lowest BCUT2D eigenvalue weighted by molar-refractivity contribution is -0.120. The maximum atomic E-state index is 12.2. The Kier molecular flexibility index (Phi) is 3.79. The molecule has 0 saturated heterocycles. The van der Waals surface area contributed by atoms with E-state index in [1.807, 2.05) is 6.07 Å². The average molecular weight is 260 g/mol. The van der Waals surface area contributed by atoms with E-state index in [9.17, 15) is 9.59 Å². The number of hydrogen-bond donors (Lipinski definition) is 2. The van der Waals surface area contributed by atoms with E-state index in [4.69, 9.17) is 0 Å². The highest BCUT2D eigenvalue weighted by Gasteiger charge is 2.13. The Bertz CT molecular complexity index is 605. The lowest BCUT2D eigenvalue weighted by Gasteiger charge is -2.16. The van der Waals surface area contributed by atoms with E-state index in [-0.39, 0.29) is 11.8 Å². The van der Waals surface area contributed by atoms with Crippen LogP contribution in [-0.4, -0.2) is 47.6 Å². The van der Waals surface area contributed by atoms with Crippen LogP contribution in [0.5, 0.6) is 0 Å². The van der Waals surface area contributed by atoms with Crippen LogP contribution >= 0.6 is 0 Å². The molecule has 0 saturated carbocycles. The van der Waals surface area contributed by atoms with Gasteiger partial charge in [-0.1, -0.05) is 6.07 Å². The van der Waals surface area contributed by atoms with Crippen LogP contribution in [0.1, 0.15) is 16.8 Å². The van der Waals surface area contributed by atoms with Gasteiger partial charge in [-0.05, 0) is 12.1 Å². The molecule has 6 heteroatoms. The first-order chi connectivity index (χ1) is 9.11. The molecule has 19 heavy (non-hydrogen) atoms. The third-order valence-electron chi connectivity index (χ3n) is 2.99. The fourth-order valence-corrected chi connectivity index (χ4v) is 1.79. The fourth-order valence-electron chi connectivity index (χ4n) is 1.79. The van der Waals surface area contributed by atoms with Gasteiger partial charge in [-0.25, -0.2) is 0 Å². The van der Waals surface area contributed by atoms with Crippen LogP contribution in [-0.2, 0) is 4.79 Å². The Morgan fingerprint density at radius 1 is 1.42 bits per heavy atom. The van der Waals surface area contributed by atoms with Crippen molar-refractivity contribution in [2.45, 2.75) is 6.42 Å². The smallest absolute Gasteiger partial charge is 0.253 e. The van der Waals surface area contributed by atoms with Crippen LogP contribution in [0.4, 0.5) is 0 Å². The maximum Gasteiger partial charge on any atom is 0.253 e. The Labute approximate surface area is 110 Å². The lowest BCUT2D eigenvalue weighted by Crippen LogP contribution is -2.31. The molecule has 2 aromatic rings. The Balaban J connectivity index is 2.07. The van der Waals surface area contributed by atoms with E-state index in [0.717, 1.165) is 10.9 Å². The summed E-state index contributed by atoms with van der Waals surface area (Å²) in [6, 6.07) is 5.37. The second-order valence-electron chi connectivity index (χ2n) is 4.32. The van der Waals surface area contributed by atoms with Gasteiger partial charge in [-0.3, -0.25) is 14.7 Å². The van der Waals surface area contributed by atoms with Gasteiger partial charge < -0.3 is 10.2 Å². The summed E-state index contributed by atoms with van der Waals surface area (Å²) in [4.78, 5) is 24.9. The molecule has 2 N–H and O–H groups in total. The second kappa shape index (κ2) is 5.51. The summed E-state index contributed by atoms with van der Waals surface area (Å²) in [6.07, 6.45) is 2.00. The number of nitrogens with zero attached hydrogens (tertiary/aromatic N) is 2. The van der Waals surface area contributed by atoms with Gasteiger partial charge in [0.25, 0.3) is 5.91 Å². The highest BCUT2D eigenvalue weighted by atomic mass is 16.2. The lowest BCUT2D eigenvalue weighted by atomic mass is 10.1. The van der Waals surface area contributed by atoms with Crippen molar-refractivity contribution in [1.29, 1.82) is 0 Å². The van der Waals surface area contributed by atoms with Crippen molar-refractivity contribution >= 4 is 22.7 Å². The summed E-state index contributed by atoms with van der Waals surface area (Å²) < 4.78 is 0. The molecule has 0 aliphatic rings. The van der Waals surface area contributed by atoms with Gasteiger partial charge in [0.05, 0.1) is 11.7 Å². The zero-order valence-electron chi connectivity index (χ0n) is 10.9. The van der Waals surface area contributed by atoms with Gasteiger partial charge in [0, 0.05) is 38.0 Å². The Morgan fingerprint density at radius 2 is 2.21 bits per heavy atom. The number of aromatic nitrogens is 2. The summed E-state index contributed by atoms with van der Waals surface area (Å²) in [5.41, 5.74) is 1.40. The van der Waals surface area contributed by atoms with Crippen molar-refractivity contribution in [2.75, 3.05) is 20.6 Å². The van der Waals surface area contributed by atoms with Gasteiger partial charge >= 0.3 is 0 Å². The fraction of sp³-hybridized carbons (Fsp3) is 0.308. The molecule has 0 atom stereocenters. The highest BCUT2D eigenvalue weighted by molar-refractivity contribution is 5.97. The molecule has 2 rings (SSSR count). The number of hydrogen-bond acceptors (Lipinski definition) is 3. The summed E-state index contributed by atoms with van der Waals surface area (Å²) in [6.45, 7) is 0.388. The molecule has 1 aromatic heterocycles. The highest BCUT2D eigenvalue weighted by Crippen LogP contribution is 2.14. The molecular weight excluding hydrogens is 244 g/mol. The van der Waals surface area contributed by atoms with Crippen molar-refractivity contribution in [3.05, 3.63) is 30.0 Å². The molecule has 0 unspecified atom stereocenters. The number of fused-ring (bicyclic) bond motifs is 1. The predicted molar refractivity (Wildman–Crippen MR) is 71.7 cm³/mol. The van der Waals surface area contributed by atoms with Gasteiger partial charge in [-0.15, -0.1) is 0 Å². The van der Waals surface area contributed by atoms with E-state index in [1.165, 1.54) is 4.90 Å². The minimum Gasteiger partial charge on any atom is -0.359 e. The number of amides is 2. The number of rotatable bonds is 4. The first-order valence-electron chi connectivity index (χ1n) is 6.01. The minimum atomic E-state index is -0.111. The van der Waals surface area contributed by atoms with Crippen LogP contribution in [0.3, 0.4) is 0 Å². The zero-order valence-corrected chi connectivity index (χ0v) is 10.9. The molecule has 1 heterocycles. The molecule has 2 amide bonds. The predicted octanol–water partition coefficient (Wildman–Crippen LogP) is 0.771. The van der Waals surface area contributed by atoms with E-state index >= 15 is 0 Å². The summed E-state index contributed by atoms with van der Waals surface area (Å²) in [5.74, 6) is -0.191. The van der Waals surface area contributed by atoms with Crippen molar-refractivity contribution < 1.29 is 9.59 Å². The molecule has 6 nitrogen and oxygen atoms in total. The SMILES string of the molecule is CNC(=O)CCN(C)C(=O)c1ccc2cn[nH]c2c1. The third-order valence-corrected chi connectivity index (χ3v) is 2.99. The molecule has 100 valence electrons. The number of H-pyrrole nitrogens is 1. The minimum absolute atomic E-state index is 0.0799. The summed E-state index contributed by atoms with van der Waals surface area (Å²) >= 11 is 0. The van der Waals surface area contributed by atoms with Crippen LogP contribution in [0.25, 0.3) is 10.9 Å². The van der Waals surface area contributed by atoms with Crippen molar-refractivity contribution in [3.63, 3.8) is 0 Å². The molecule has 0 radical (unpaired) electrons. The normalized spacial score (nSPS) is 10.4. The van der Waals surface area contributed by atoms with Crippen molar-refractivity contribution in [1.82, 2.24) is 20.4 Å². The molecule has 0 aliphatic carbocycles. The Hall–Kier alpha value is -2.37. The van der Waals surface area contributed by atoms with Gasteiger partial charge in [0.1, 0.15) is 0 Å². The average Bonchev–Trinajstić information content (AvgIpc) is 2.90. The van der Waals surface area contributed by atoms with Crippen molar-refractivity contribution in [2.24, 2.45) is 0 Å². The van der Waals surface area contributed by atoms with Crippen LogP contribution in [0.2, 0.25) is 0 Å². The Morgan fingerprint density at radius 3 is 2.95 bits per heavy atom. The topological polar surface area (TPSA) is 78.1 Å². The third kappa shape index (κ3) is 2.90. The van der Waals surface area contributed by atoms with Crippen LogP contribution < -0.4 is 5.32 Å². The largest absolute Gasteiger partial charge is 0.359 e. The number of nitrogens with one attached hydrogen (secondary N) is 2. The molecule has 0 spiro atoms. The standard InChI is InChI=1S/C13H16N4O2/c1-14-12(18)5-6-17(2)13(19)9-3-4-10-8-15-16-11(10)7-9/h3-4,7-8H,5-6H2,1-2H3,(H,14,18)(H,15,16). The second-order valence-corrected chi connectivity index (χ2v) is 4.32. The molecule has 0 bridgehead atoms. The maximum absolute atomic E-state index is 12.2. The van der Waals surface area contributed by atoms with E-state index < -0.39 is 0 Å². The van der Waals surface area contributed by atoms with Gasteiger partial charge in [-0.2, -0.15) is 5.10 Å². The zero-order chi connectivity index (χ0) is 13.8. The van der Waals surface area contributed by atoms with Crippen LogP contribution in [0.15, 0.2) is 24.4 Å². The number of carbonyl (C=O) groups excluding carboxylic acids is 2. The molecule has 1 aromatic carbocycles. The van der Waals surface area contributed by atoms with Crippen LogP contribution in [0, 0.1) is 0 Å². The van der Waals surface area contributed by atoms with E-state index in [1.54, 1.807) is 32.4 Å². The van der Waals surface area contributed by atoms with Gasteiger partial charge in [0.15, 0.2) is 0 Å². The first kappa shape index (κ1) is 13.1. The summed E-state index contributed by atoms with van der Waals surface area (Å²) in [7, 11) is 3.26. The van der Waals surface area contributed by atoms with E-state index in [2.05, 4.69) is 15.5 Å². The van der Waals surface area contributed by atoms with E-state index in [0.29, 0.717) is 18.5 Å². The first-order valence-corrected chi connectivity index (χ1v) is 6.01. The molecule has 0 aliphatic heterocycles. The van der Waals surface area contributed by atoms with Gasteiger partial charge in [0.2, 0.25) is 5.91 Å². The van der Waals surface area contributed by atoms with Crippen molar-refractivity contribution in [3.8, 4) is 0 Å².